The molecule has 0 aliphatic heterocycles. The number of thiazole rings is 1. The van der Waals surface area contributed by atoms with Gasteiger partial charge in [-0.25, -0.2) is 9.78 Å². The van der Waals surface area contributed by atoms with Gasteiger partial charge in [0, 0.05) is 22.1 Å². The van der Waals surface area contributed by atoms with Crippen molar-refractivity contribution in [3.63, 3.8) is 0 Å². The average molecular weight is 420 g/mol. The molecule has 0 aromatic carbocycles. The molecule has 2 aromatic heterocycles. The Kier molecular flexibility index (Phi) is 4.66. The summed E-state index contributed by atoms with van der Waals surface area (Å²) < 4.78 is 6.16. The Bertz CT molecular complexity index is 700. The maximum Gasteiger partial charge on any atom is 0.358 e. The van der Waals surface area contributed by atoms with Crippen LogP contribution in [0.4, 0.5) is 0 Å². The Hall–Kier alpha value is -1.12. The smallest absolute Gasteiger partial charge is 0.358 e. The highest BCUT2D eigenvalue weighted by Crippen LogP contribution is 2.33. The molecule has 20 heavy (non-hydrogen) atoms. The van der Waals surface area contributed by atoms with Gasteiger partial charge >= 0.3 is 5.97 Å². The fourth-order valence-corrected chi connectivity index (χ4v) is 3.73. The lowest BCUT2D eigenvalue weighted by Crippen LogP contribution is -2.06. The van der Waals surface area contributed by atoms with Crippen LogP contribution in [0, 0.1) is 0 Å². The highest BCUT2D eigenvalue weighted by Gasteiger charge is 2.23. The number of aromatic nitrogens is 2. The largest absolute Gasteiger partial charge is 0.464 e. The lowest BCUT2D eigenvalue weighted by atomic mass is 10.3. The highest BCUT2D eigenvalue weighted by molar-refractivity contribution is 9.11. The van der Waals surface area contributed by atoms with Crippen LogP contribution in [0.2, 0.25) is 0 Å². The minimum atomic E-state index is -0.633. The van der Waals surface area contributed by atoms with Crippen molar-refractivity contribution in [1.29, 1.82) is 0 Å². The van der Waals surface area contributed by atoms with Gasteiger partial charge in [0.2, 0.25) is 0 Å². The molecule has 0 fully saturated rings. The number of nitrogens with zero attached hydrogens (tertiary/aromatic N) is 2. The molecule has 0 aliphatic carbocycles. The van der Waals surface area contributed by atoms with E-state index in [1.807, 2.05) is 6.07 Å². The molecular weight excluding hydrogens is 412 g/mol. The summed E-state index contributed by atoms with van der Waals surface area (Å²) in [5.74, 6) is -0.867. The molecule has 2 heterocycles. The molecular formula is C12H8Br2N2O3S. The third kappa shape index (κ3) is 2.97. The Morgan fingerprint density at radius 3 is 2.60 bits per heavy atom. The number of hydrogen-bond donors (Lipinski definition) is 0. The van der Waals surface area contributed by atoms with E-state index in [-0.39, 0.29) is 16.4 Å². The molecule has 0 aliphatic rings. The van der Waals surface area contributed by atoms with Crippen molar-refractivity contribution in [3.8, 4) is 10.7 Å². The van der Waals surface area contributed by atoms with Gasteiger partial charge in [-0.2, -0.15) is 0 Å². The van der Waals surface area contributed by atoms with Crippen LogP contribution in [-0.4, -0.2) is 28.8 Å². The summed E-state index contributed by atoms with van der Waals surface area (Å²) in [6.45, 7) is 1.38. The maximum atomic E-state index is 11.7. The van der Waals surface area contributed by atoms with E-state index >= 15 is 0 Å². The standard InChI is InChI=1S/C12H8Br2N2O3S/c1-5(17)10-9(12(18)19-2)16-11(20-10)8-7(14)3-6(13)4-15-8/h3-4H,1-2H3. The second kappa shape index (κ2) is 6.11. The van der Waals surface area contributed by atoms with Crippen LogP contribution in [-0.2, 0) is 4.74 Å². The van der Waals surface area contributed by atoms with Crippen LogP contribution in [0.5, 0.6) is 0 Å². The van der Waals surface area contributed by atoms with Crippen molar-refractivity contribution < 1.29 is 14.3 Å². The van der Waals surface area contributed by atoms with Crippen molar-refractivity contribution in [2.24, 2.45) is 0 Å². The molecule has 2 aromatic rings. The maximum absolute atomic E-state index is 11.7. The number of Topliss-reactive ketones (excluding diaryl/α,β-unsaturated/α-hetero) is 1. The molecule has 0 bridgehead atoms. The van der Waals surface area contributed by atoms with Gasteiger partial charge in [0.1, 0.15) is 15.6 Å². The minimum absolute atomic E-state index is 0.0246. The molecule has 0 saturated heterocycles. The van der Waals surface area contributed by atoms with Crippen molar-refractivity contribution in [2.75, 3.05) is 7.11 Å². The molecule has 0 saturated carbocycles. The summed E-state index contributed by atoms with van der Waals surface area (Å²) in [4.78, 5) is 31.9. The number of carbonyl (C=O) groups excluding carboxylic acids is 2. The number of methoxy groups -OCH3 is 1. The number of ether oxygens (including phenoxy) is 1. The summed E-state index contributed by atoms with van der Waals surface area (Å²) in [5, 5.41) is 0.481. The van der Waals surface area contributed by atoms with E-state index in [0.717, 1.165) is 15.8 Å². The average Bonchev–Trinajstić information content (AvgIpc) is 2.82. The summed E-state index contributed by atoms with van der Waals surface area (Å²) >= 11 is 7.81. The Morgan fingerprint density at radius 2 is 2.05 bits per heavy atom. The van der Waals surface area contributed by atoms with Crippen molar-refractivity contribution in [1.82, 2.24) is 9.97 Å². The fraction of sp³-hybridized carbons (Fsp3) is 0.167. The van der Waals surface area contributed by atoms with Crippen LogP contribution in [0.1, 0.15) is 27.1 Å². The van der Waals surface area contributed by atoms with Gasteiger partial charge < -0.3 is 4.74 Å². The predicted octanol–water partition coefficient (Wildman–Crippen LogP) is 3.72. The zero-order chi connectivity index (χ0) is 14.9. The molecule has 0 amide bonds. The third-order valence-electron chi connectivity index (χ3n) is 2.34. The van der Waals surface area contributed by atoms with E-state index < -0.39 is 5.97 Å². The molecule has 8 heteroatoms. The van der Waals surface area contributed by atoms with Gasteiger partial charge in [-0.15, -0.1) is 11.3 Å². The van der Waals surface area contributed by atoms with Gasteiger partial charge in [-0.05, 0) is 37.9 Å². The number of halogens is 2. The number of rotatable bonds is 3. The summed E-state index contributed by atoms with van der Waals surface area (Å²) in [6.07, 6.45) is 1.62. The summed E-state index contributed by atoms with van der Waals surface area (Å²) in [7, 11) is 1.25. The van der Waals surface area contributed by atoms with E-state index in [1.54, 1.807) is 6.20 Å². The first-order valence-corrected chi connectivity index (χ1v) is 7.75. The SMILES string of the molecule is COC(=O)c1nc(-c2ncc(Br)cc2Br)sc1C(C)=O. The first-order valence-electron chi connectivity index (χ1n) is 5.35. The quantitative estimate of drug-likeness (QED) is 0.560. The van der Waals surface area contributed by atoms with Gasteiger partial charge in [-0.3, -0.25) is 9.78 Å². The number of hydrogen-bond acceptors (Lipinski definition) is 6. The first-order chi connectivity index (χ1) is 9.43. The van der Waals surface area contributed by atoms with Gasteiger partial charge in [-0.1, -0.05) is 0 Å². The van der Waals surface area contributed by atoms with E-state index in [0.29, 0.717) is 15.2 Å². The third-order valence-corrected chi connectivity index (χ3v) is 4.54. The van der Waals surface area contributed by atoms with Crippen LogP contribution in [0.3, 0.4) is 0 Å². The molecule has 0 spiro atoms. The normalized spacial score (nSPS) is 10.4. The van der Waals surface area contributed by atoms with Gasteiger partial charge in [0.15, 0.2) is 11.5 Å². The van der Waals surface area contributed by atoms with E-state index in [2.05, 4.69) is 46.6 Å². The van der Waals surface area contributed by atoms with Crippen molar-refractivity contribution >= 4 is 54.9 Å². The van der Waals surface area contributed by atoms with E-state index in [1.165, 1.54) is 14.0 Å². The Morgan fingerprint density at radius 1 is 1.35 bits per heavy atom. The highest BCUT2D eigenvalue weighted by atomic mass is 79.9. The summed E-state index contributed by atoms with van der Waals surface area (Å²) in [6, 6.07) is 1.81. The molecule has 104 valence electrons. The molecule has 0 N–H and O–H groups in total. The monoisotopic (exact) mass is 418 g/mol. The second-order valence-electron chi connectivity index (χ2n) is 3.73. The lowest BCUT2D eigenvalue weighted by Gasteiger charge is -1.99. The zero-order valence-electron chi connectivity index (χ0n) is 10.4. The topological polar surface area (TPSA) is 69.2 Å². The molecule has 0 atom stereocenters. The molecule has 0 radical (unpaired) electrons. The van der Waals surface area contributed by atoms with Crippen LogP contribution < -0.4 is 0 Å². The van der Waals surface area contributed by atoms with Crippen LogP contribution in [0.25, 0.3) is 10.7 Å². The van der Waals surface area contributed by atoms with Crippen LogP contribution >= 0.6 is 43.2 Å². The Balaban J connectivity index is 2.58. The van der Waals surface area contributed by atoms with E-state index in [9.17, 15) is 9.59 Å². The number of pyridine rings is 1. The minimum Gasteiger partial charge on any atom is -0.464 e. The van der Waals surface area contributed by atoms with Crippen molar-refractivity contribution in [3.05, 3.63) is 31.8 Å². The number of ketones is 1. The lowest BCUT2D eigenvalue weighted by molar-refractivity contribution is 0.0591. The van der Waals surface area contributed by atoms with Gasteiger partial charge in [0.05, 0.1) is 7.11 Å². The molecule has 2 rings (SSSR count). The first kappa shape index (κ1) is 15.3. The van der Waals surface area contributed by atoms with Crippen molar-refractivity contribution in [2.45, 2.75) is 6.92 Å². The second-order valence-corrected chi connectivity index (χ2v) is 6.50. The van der Waals surface area contributed by atoms with Crippen LogP contribution in [0.15, 0.2) is 21.2 Å². The Labute approximate surface area is 135 Å². The number of esters is 1. The zero-order valence-corrected chi connectivity index (χ0v) is 14.4. The molecule has 5 nitrogen and oxygen atoms in total. The van der Waals surface area contributed by atoms with Gasteiger partial charge in [0.25, 0.3) is 0 Å². The molecule has 0 unspecified atom stereocenters. The summed E-state index contributed by atoms with van der Waals surface area (Å²) in [5.41, 5.74) is 0.590. The number of carbonyl (C=O) groups is 2. The fourth-order valence-electron chi connectivity index (χ4n) is 1.47. The predicted molar refractivity (Wildman–Crippen MR) is 82.1 cm³/mol. The van der Waals surface area contributed by atoms with E-state index in [4.69, 9.17) is 0 Å².